The molecule has 52 heavy (non-hydrogen) atoms. The molecule has 4 atom stereocenters. The largest absolute Gasteiger partial charge is 0.472 e. The number of halogens is 4. The first-order chi connectivity index (χ1) is 25.1. The van der Waals surface area contributed by atoms with Crippen LogP contribution in [0.15, 0.2) is 42.6 Å². The van der Waals surface area contributed by atoms with E-state index in [1.807, 2.05) is 24.8 Å². The summed E-state index contributed by atoms with van der Waals surface area (Å²) < 4.78 is 85.6. The van der Waals surface area contributed by atoms with Crippen LogP contribution in [0.3, 0.4) is 0 Å². The molecule has 0 amide bonds. The lowest BCUT2D eigenvalue weighted by Gasteiger charge is -2.32. The number of aromatic nitrogens is 4. The average molecular weight is 720 g/mol. The van der Waals surface area contributed by atoms with Gasteiger partial charge in [-0.3, -0.25) is 4.90 Å². The Morgan fingerprint density at radius 1 is 1.06 bits per heavy atom. The van der Waals surface area contributed by atoms with E-state index in [1.165, 1.54) is 25.3 Å². The summed E-state index contributed by atoms with van der Waals surface area (Å²) in [7, 11) is 1.43. The standard InChI is InChI=1S/C37H37F4N7O4/c1-19-15-48(20(2)24-6-4-10-43-33(24)42)34-28-32(45-36(46-34)50-17-37-9-5-11-47(37)16-22(38)14-37)30(41)31(44-35(28)52-19)25-13-23(51-18-49-3)12-21-7-8-26(39)29(40)27(21)25/h4,6-8,10,12-13,19-20,22H,5,9,11,14-18H2,1-3H3,(H2,42,43)/t19-,20?,22+,37-/m0/s1. The molecule has 0 saturated carbocycles. The minimum absolute atomic E-state index is 0.0147. The molecule has 0 spiro atoms. The molecule has 6 heterocycles. The van der Waals surface area contributed by atoms with E-state index in [0.29, 0.717) is 24.3 Å². The number of nitrogen functional groups attached to an aromatic ring is 1. The minimum Gasteiger partial charge on any atom is -0.472 e. The summed E-state index contributed by atoms with van der Waals surface area (Å²) in [6.07, 6.45) is 2.04. The van der Waals surface area contributed by atoms with Crippen molar-refractivity contribution in [2.75, 3.05) is 50.8 Å². The molecule has 2 aromatic carbocycles. The second-order valence-corrected chi connectivity index (χ2v) is 13.7. The van der Waals surface area contributed by atoms with Gasteiger partial charge >= 0.3 is 6.01 Å². The van der Waals surface area contributed by atoms with Crippen molar-refractivity contribution in [3.8, 4) is 28.9 Å². The highest BCUT2D eigenvalue weighted by molar-refractivity contribution is 6.02. The maximum atomic E-state index is 17.3. The highest BCUT2D eigenvalue weighted by atomic mass is 19.2. The zero-order valence-corrected chi connectivity index (χ0v) is 28.8. The Labute approximate surface area is 296 Å². The number of alkyl halides is 1. The molecule has 5 aromatic rings. The van der Waals surface area contributed by atoms with Crippen LogP contribution in [0.5, 0.6) is 17.6 Å². The Morgan fingerprint density at radius 3 is 2.71 bits per heavy atom. The summed E-state index contributed by atoms with van der Waals surface area (Å²) in [5.74, 6) is -2.47. The molecule has 3 aliphatic rings. The second kappa shape index (κ2) is 13.2. The van der Waals surface area contributed by atoms with Gasteiger partial charge in [0.1, 0.15) is 52.9 Å². The van der Waals surface area contributed by atoms with Crippen LogP contribution in [0.4, 0.5) is 29.2 Å². The van der Waals surface area contributed by atoms with Crippen molar-refractivity contribution in [2.24, 2.45) is 0 Å². The molecule has 0 radical (unpaired) electrons. The van der Waals surface area contributed by atoms with Gasteiger partial charge in [-0.1, -0.05) is 12.1 Å². The Morgan fingerprint density at radius 2 is 1.90 bits per heavy atom. The average Bonchev–Trinajstić information content (AvgIpc) is 3.61. The first kappa shape index (κ1) is 34.1. The third-order valence-corrected chi connectivity index (χ3v) is 10.4. The van der Waals surface area contributed by atoms with Gasteiger partial charge in [0.05, 0.1) is 18.1 Å². The lowest BCUT2D eigenvalue weighted by Crippen LogP contribution is -2.43. The smallest absolute Gasteiger partial charge is 0.319 e. The number of methoxy groups -OCH3 is 1. The van der Waals surface area contributed by atoms with E-state index < -0.39 is 41.3 Å². The van der Waals surface area contributed by atoms with Gasteiger partial charge in [-0.05, 0) is 62.9 Å². The predicted molar refractivity (Wildman–Crippen MR) is 186 cm³/mol. The monoisotopic (exact) mass is 719 g/mol. The molecule has 2 saturated heterocycles. The van der Waals surface area contributed by atoms with Gasteiger partial charge in [-0.2, -0.15) is 9.97 Å². The van der Waals surface area contributed by atoms with Crippen LogP contribution in [0.2, 0.25) is 0 Å². The first-order valence-electron chi connectivity index (χ1n) is 17.2. The summed E-state index contributed by atoms with van der Waals surface area (Å²) >= 11 is 0. The summed E-state index contributed by atoms with van der Waals surface area (Å²) in [5.41, 5.74) is 5.83. The fourth-order valence-corrected chi connectivity index (χ4v) is 7.94. The van der Waals surface area contributed by atoms with Gasteiger partial charge in [0.25, 0.3) is 0 Å². The molecule has 2 N–H and O–H groups in total. The summed E-state index contributed by atoms with van der Waals surface area (Å²) in [6.45, 7) is 5.03. The third kappa shape index (κ3) is 5.75. The van der Waals surface area contributed by atoms with E-state index in [0.717, 1.165) is 25.5 Å². The number of hydrogen-bond acceptors (Lipinski definition) is 11. The molecule has 0 aliphatic carbocycles. The molecule has 0 bridgehead atoms. The van der Waals surface area contributed by atoms with Gasteiger partial charge < -0.3 is 29.6 Å². The topological polar surface area (TPSA) is 121 Å². The number of anilines is 2. The quantitative estimate of drug-likeness (QED) is 0.132. The number of pyridine rings is 2. The zero-order chi connectivity index (χ0) is 36.3. The maximum absolute atomic E-state index is 17.3. The summed E-state index contributed by atoms with van der Waals surface area (Å²) in [6, 6.07) is 8.27. The number of benzene rings is 2. The SMILES string of the molecule is COCOc1cc(-c2nc3c4c(nc(OC[C@@]56CCCN5C[C@H](F)C6)nc4c2F)N(C(C)c2cccnc2N)C[C@H](C)O3)c2c(F)c(F)ccc2c1. The summed E-state index contributed by atoms with van der Waals surface area (Å²) in [5, 5.41) is 0.189. The van der Waals surface area contributed by atoms with Gasteiger partial charge in [0.2, 0.25) is 5.88 Å². The predicted octanol–water partition coefficient (Wildman–Crippen LogP) is 6.53. The van der Waals surface area contributed by atoms with E-state index in [-0.39, 0.29) is 76.3 Å². The second-order valence-electron chi connectivity index (χ2n) is 13.7. The highest BCUT2D eigenvalue weighted by Crippen LogP contribution is 2.46. The first-order valence-corrected chi connectivity index (χ1v) is 17.2. The van der Waals surface area contributed by atoms with Crippen LogP contribution < -0.4 is 24.8 Å². The van der Waals surface area contributed by atoms with Crippen molar-refractivity contribution in [1.29, 1.82) is 0 Å². The molecule has 11 nitrogen and oxygen atoms in total. The van der Waals surface area contributed by atoms with E-state index >= 15 is 8.78 Å². The lowest BCUT2D eigenvalue weighted by atomic mass is 9.95. The molecule has 3 aromatic heterocycles. The molecule has 8 rings (SSSR count). The van der Waals surface area contributed by atoms with E-state index in [9.17, 15) is 8.78 Å². The van der Waals surface area contributed by atoms with Gasteiger partial charge in [0, 0.05) is 42.8 Å². The van der Waals surface area contributed by atoms with Crippen LogP contribution in [-0.2, 0) is 4.74 Å². The lowest BCUT2D eigenvalue weighted by molar-refractivity contribution is 0.0512. The molecule has 2 fully saturated rings. The van der Waals surface area contributed by atoms with Gasteiger partial charge in [-0.15, -0.1) is 0 Å². The number of nitrogens with zero attached hydrogens (tertiary/aromatic N) is 6. The van der Waals surface area contributed by atoms with E-state index in [2.05, 4.69) is 19.9 Å². The normalized spacial score (nSPS) is 22.0. The number of hydrogen-bond donors (Lipinski definition) is 1. The Bertz CT molecular complexity index is 2190. The molecule has 3 aliphatic heterocycles. The van der Waals surface area contributed by atoms with Crippen molar-refractivity contribution in [3.63, 3.8) is 0 Å². The van der Waals surface area contributed by atoms with Crippen LogP contribution >= 0.6 is 0 Å². The van der Waals surface area contributed by atoms with E-state index in [4.69, 9.17) is 29.7 Å². The highest BCUT2D eigenvalue weighted by Gasteiger charge is 2.49. The molecular weight excluding hydrogens is 682 g/mol. The van der Waals surface area contributed by atoms with Gasteiger partial charge in [-0.25, -0.2) is 27.5 Å². The molecular formula is C37H37F4N7O4. The van der Waals surface area contributed by atoms with Crippen LogP contribution in [0.1, 0.15) is 44.7 Å². The maximum Gasteiger partial charge on any atom is 0.319 e. The zero-order valence-electron chi connectivity index (χ0n) is 28.8. The summed E-state index contributed by atoms with van der Waals surface area (Å²) in [4.78, 5) is 22.3. The van der Waals surface area contributed by atoms with Crippen molar-refractivity contribution < 1.29 is 36.5 Å². The number of fused-ring (bicyclic) bond motifs is 2. The van der Waals surface area contributed by atoms with E-state index in [1.54, 1.807) is 12.3 Å². The number of rotatable bonds is 9. The Balaban J connectivity index is 1.35. The van der Waals surface area contributed by atoms with Crippen molar-refractivity contribution >= 4 is 33.3 Å². The Hall–Kier alpha value is -5.02. The van der Waals surface area contributed by atoms with Crippen molar-refractivity contribution in [1.82, 2.24) is 24.8 Å². The molecule has 1 unspecified atom stereocenters. The minimum atomic E-state index is -1.18. The fourth-order valence-electron chi connectivity index (χ4n) is 7.94. The molecule has 272 valence electrons. The Kier molecular flexibility index (Phi) is 8.65. The van der Waals surface area contributed by atoms with Crippen molar-refractivity contribution in [3.05, 3.63) is 65.6 Å². The van der Waals surface area contributed by atoms with Crippen molar-refractivity contribution in [2.45, 2.75) is 57.0 Å². The number of nitrogens with two attached hydrogens (primary N) is 1. The number of ether oxygens (including phenoxy) is 4. The van der Waals surface area contributed by atoms with Crippen LogP contribution in [-0.4, -0.2) is 82.8 Å². The van der Waals surface area contributed by atoms with Crippen LogP contribution in [0.25, 0.3) is 32.9 Å². The van der Waals surface area contributed by atoms with Gasteiger partial charge in [0.15, 0.2) is 24.2 Å². The fraction of sp³-hybridized carbons (Fsp3) is 0.405. The molecule has 15 heteroatoms. The third-order valence-electron chi connectivity index (χ3n) is 10.4. The van der Waals surface area contributed by atoms with Crippen LogP contribution in [0, 0.1) is 17.5 Å².